The Morgan fingerprint density at radius 1 is 1.21 bits per heavy atom. The van der Waals surface area contributed by atoms with Crippen molar-refractivity contribution in [1.82, 2.24) is 0 Å². The van der Waals surface area contributed by atoms with Crippen LogP contribution in [0, 0.1) is 12.7 Å². The summed E-state index contributed by atoms with van der Waals surface area (Å²) in [4.78, 5) is 11.3. The van der Waals surface area contributed by atoms with Crippen LogP contribution in [0.3, 0.4) is 0 Å². The molecule has 0 unspecified atom stereocenters. The van der Waals surface area contributed by atoms with Gasteiger partial charge in [0, 0.05) is 5.56 Å². The van der Waals surface area contributed by atoms with Gasteiger partial charge in [-0.15, -0.1) is 0 Å². The van der Waals surface area contributed by atoms with E-state index in [1.54, 1.807) is 24.3 Å². The molecule has 2 aromatic rings. The monoisotopic (exact) mass is 258 g/mol. The summed E-state index contributed by atoms with van der Waals surface area (Å²) in [7, 11) is 0. The second-order valence-corrected chi connectivity index (χ2v) is 4.45. The van der Waals surface area contributed by atoms with Crippen molar-refractivity contribution in [2.45, 2.75) is 20.5 Å². The van der Waals surface area contributed by atoms with Gasteiger partial charge in [-0.1, -0.05) is 12.1 Å². The summed E-state index contributed by atoms with van der Waals surface area (Å²) in [6, 6.07) is 11.6. The van der Waals surface area contributed by atoms with Gasteiger partial charge in [-0.2, -0.15) is 0 Å². The molecule has 3 heteroatoms. The van der Waals surface area contributed by atoms with E-state index in [2.05, 4.69) is 0 Å². The van der Waals surface area contributed by atoms with E-state index >= 15 is 0 Å². The summed E-state index contributed by atoms with van der Waals surface area (Å²) in [5.41, 5.74) is 2.34. The fourth-order valence-corrected chi connectivity index (χ4v) is 1.91. The molecule has 2 nitrogen and oxygen atoms in total. The number of hydrogen-bond acceptors (Lipinski definition) is 2. The van der Waals surface area contributed by atoms with Crippen LogP contribution >= 0.6 is 0 Å². The highest BCUT2D eigenvalue weighted by atomic mass is 19.1. The molecule has 0 radical (unpaired) electrons. The minimum Gasteiger partial charge on any atom is -0.489 e. The van der Waals surface area contributed by atoms with Gasteiger partial charge in [0.05, 0.1) is 0 Å². The first kappa shape index (κ1) is 13.3. The van der Waals surface area contributed by atoms with E-state index in [0.717, 1.165) is 11.1 Å². The van der Waals surface area contributed by atoms with Crippen molar-refractivity contribution in [2.24, 2.45) is 0 Å². The zero-order valence-electron chi connectivity index (χ0n) is 10.9. The highest BCUT2D eigenvalue weighted by Gasteiger charge is 2.05. The van der Waals surface area contributed by atoms with Crippen LogP contribution in [0.15, 0.2) is 42.5 Å². The maximum absolute atomic E-state index is 13.0. The molecule has 0 amide bonds. The maximum Gasteiger partial charge on any atom is 0.160 e. The Kier molecular flexibility index (Phi) is 3.95. The molecule has 98 valence electrons. The van der Waals surface area contributed by atoms with Gasteiger partial charge in [0.1, 0.15) is 18.2 Å². The Morgan fingerprint density at radius 3 is 2.63 bits per heavy atom. The summed E-state index contributed by atoms with van der Waals surface area (Å²) in [5, 5.41) is 0. The second-order valence-electron chi connectivity index (χ2n) is 4.45. The number of benzene rings is 2. The number of aryl methyl sites for hydroxylation is 1. The van der Waals surface area contributed by atoms with Crippen LogP contribution in [0.4, 0.5) is 4.39 Å². The second kappa shape index (κ2) is 5.65. The van der Waals surface area contributed by atoms with Crippen molar-refractivity contribution in [3.8, 4) is 5.75 Å². The van der Waals surface area contributed by atoms with Gasteiger partial charge in [0.25, 0.3) is 0 Å². The molecule has 0 atom stereocenters. The largest absolute Gasteiger partial charge is 0.489 e. The molecule has 0 aliphatic rings. The van der Waals surface area contributed by atoms with Crippen molar-refractivity contribution < 1.29 is 13.9 Å². The van der Waals surface area contributed by atoms with Crippen LogP contribution in [-0.2, 0) is 6.61 Å². The number of halogens is 1. The molecule has 0 N–H and O–H groups in total. The van der Waals surface area contributed by atoms with Crippen LogP contribution in [0.2, 0.25) is 0 Å². The molecular weight excluding hydrogens is 243 g/mol. The fourth-order valence-electron chi connectivity index (χ4n) is 1.91. The Labute approximate surface area is 111 Å². The van der Waals surface area contributed by atoms with Gasteiger partial charge in [-0.25, -0.2) is 4.39 Å². The highest BCUT2D eigenvalue weighted by molar-refractivity contribution is 5.95. The Hall–Kier alpha value is -2.16. The minimum absolute atomic E-state index is 0.0363. The molecule has 0 aromatic heterocycles. The molecule has 0 spiro atoms. The molecule has 19 heavy (non-hydrogen) atoms. The van der Waals surface area contributed by atoms with Gasteiger partial charge < -0.3 is 4.74 Å². The maximum atomic E-state index is 13.0. The topological polar surface area (TPSA) is 26.3 Å². The fraction of sp³-hybridized carbons (Fsp3) is 0.188. The Morgan fingerprint density at radius 2 is 2.00 bits per heavy atom. The van der Waals surface area contributed by atoms with Gasteiger partial charge in [-0.05, 0) is 55.3 Å². The van der Waals surface area contributed by atoms with E-state index in [-0.39, 0.29) is 11.6 Å². The van der Waals surface area contributed by atoms with E-state index in [4.69, 9.17) is 4.74 Å². The first-order valence-electron chi connectivity index (χ1n) is 6.05. The molecule has 0 heterocycles. The third-order valence-corrected chi connectivity index (χ3v) is 2.87. The molecular formula is C16H15FO2. The first-order chi connectivity index (χ1) is 9.06. The Bertz CT molecular complexity index is 605. The van der Waals surface area contributed by atoms with Crippen LogP contribution in [-0.4, -0.2) is 5.78 Å². The summed E-state index contributed by atoms with van der Waals surface area (Å²) in [6.45, 7) is 3.71. The van der Waals surface area contributed by atoms with E-state index in [1.165, 1.54) is 19.1 Å². The number of rotatable bonds is 4. The number of carbonyl (C=O) groups excluding carboxylic acids is 1. The molecule has 0 fully saturated rings. The smallest absolute Gasteiger partial charge is 0.160 e. The zero-order valence-corrected chi connectivity index (χ0v) is 10.9. The van der Waals surface area contributed by atoms with Crippen molar-refractivity contribution in [3.63, 3.8) is 0 Å². The normalized spacial score (nSPS) is 10.3. The average Bonchev–Trinajstić information content (AvgIpc) is 2.36. The molecule has 0 bridgehead atoms. The van der Waals surface area contributed by atoms with E-state index in [0.29, 0.717) is 17.9 Å². The van der Waals surface area contributed by atoms with Crippen molar-refractivity contribution >= 4 is 5.78 Å². The van der Waals surface area contributed by atoms with Gasteiger partial charge in [-0.3, -0.25) is 4.79 Å². The standard InChI is InChI=1S/C16H15FO2/c1-11-8-15(6-7-16(11)12(2)18)19-10-13-4-3-5-14(17)9-13/h3-9H,10H2,1-2H3. The number of ketones is 1. The zero-order chi connectivity index (χ0) is 13.8. The van der Waals surface area contributed by atoms with E-state index < -0.39 is 0 Å². The summed E-state index contributed by atoms with van der Waals surface area (Å²) >= 11 is 0. The molecule has 0 saturated heterocycles. The summed E-state index contributed by atoms with van der Waals surface area (Å²) in [5.74, 6) is 0.435. The average molecular weight is 258 g/mol. The number of ether oxygens (including phenoxy) is 1. The van der Waals surface area contributed by atoms with Crippen LogP contribution < -0.4 is 4.74 Å². The lowest BCUT2D eigenvalue weighted by Crippen LogP contribution is -1.99. The molecule has 0 aliphatic carbocycles. The number of hydrogen-bond donors (Lipinski definition) is 0. The summed E-state index contributed by atoms with van der Waals surface area (Å²) < 4.78 is 18.6. The van der Waals surface area contributed by atoms with Crippen molar-refractivity contribution in [1.29, 1.82) is 0 Å². The molecule has 2 rings (SSSR count). The van der Waals surface area contributed by atoms with Gasteiger partial charge in [0.2, 0.25) is 0 Å². The van der Waals surface area contributed by atoms with E-state index in [1.807, 2.05) is 13.0 Å². The minimum atomic E-state index is -0.274. The third-order valence-electron chi connectivity index (χ3n) is 2.87. The highest BCUT2D eigenvalue weighted by Crippen LogP contribution is 2.19. The van der Waals surface area contributed by atoms with Crippen molar-refractivity contribution in [3.05, 3.63) is 65.0 Å². The van der Waals surface area contributed by atoms with Crippen LogP contribution in [0.25, 0.3) is 0 Å². The summed E-state index contributed by atoms with van der Waals surface area (Å²) in [6.07, 6.45) is 0. The van der Waals surface area contributed by atoms with Crippen molar-refractivity contribution in [2.75, 3.05) is 0 Å². The lowest BCUT2D eigenvalue weighted by atomic mass is 10.1. The first-order valence-corrected chi connectivity index (χ1v) is 6.05. The number of carbonyl (C=O) groups is 1. The lowest BCUT2D eigenvalue weighted by molar-refractivity contribution is 0.101. The van der Waals surface area contributed by atoms with Gasteiger partial charge in [0.15, 0.2) is 5.78 Å². The van der Waals surface area contributed by atoms with Crippen LogP contribution in [0.5, 0.6) is 5.75 Å². The predicted octanol–water partition coefficient (Wildman–Crippen LogP) is 3.92. The quantitative estimate of drug-likeness (QED) is 0.777. The van der Waals surface area contributed by atoms with Gasteiger partial charge >= 0.3 is 0 Å². The Balaban J connectivity index is 2.08. The predicted molar refractivity (Wildman–Crippen MR) is 71.9 cm³/mol. The molecule has 2 aromatic carbocycles. The number of Topliss-reactive ketones (excluding diaryl/α,β-unsaturated/α-hetero) is 1. The SMILES string of the molecule is CC(=O)c1ccc(OCc2cccc(F)c2)cc1C. The lowest BCUT2D eigenvalue weighted by Gasteiger charge is -2.09. The van der Waals surface area contributed by atoms with E-state index in [9.17, 15) is 9.18 Å². The molecule has 0 saturated carbocycles. The molecule has 0 aliphatic heterocycles. The van der Waals surface area contributed by atoms with Crippen LogP contribution in [0.1, 0.15) is 28.4 Å². The third kappa shape index (κ3) is 3.41.